The van der Waals surface area contributed by atoms with Gasteiger partial charge in [-0.2, -0.15) is 0 Å². The van der Waals surface area contributed by atoms with Gasteiger partial charge >= 0.3 is 5.97 Å². The van der Waals surface area contributed by atoms with Crippen LogP contribution in [0.3, 0.4) is 0 Å². The van der Waals surface area contributed by atoms with Crippen molar-refractivity contribution in [3.8, 4) is 0 Å². The molecule has 0 amide bonds. The largest absolute Gasteiger partial charge is 0.478 e. The van der Waals surface area contributed by atoms with Crippen molar-refractivity contribution < 1.29 is 9.90 Å². The molecule has 1 aromatic rings. The van der Waals surface area contributed by atoms with Crippen LogP contribution in [0.5, 0.6) is 0 Å². The Morgan fingerprint density at radius 3 is 2.80 bits per heavy atom. The Morgan fingerprint density at radius 1 is 1.40 bits per heavy atom. The van der Waals surface area contributed by atoms with Gasteiger partial charge in [0.1, 0.15) is 0 Å². The molecule has 1 fully saturated rings. The molecule has 2 rings (SSSR count). The summed E-state index contributed by atoms with van der Waals surface area (Å²) in [6.45, 7) is 4.31. The smallest absolute Gasteiger partial charge is 0.328 e. The van der Waals surface area contributed by atoms with Gasteiger partial charge in [0.05, 0.1) is 0 Å². The zero-order valence-electron chi connectivity index (χ0n) is 12.0. The lowest BCUT2D eigenvalue weighted by Crippen LogP contribution is -2.35. The molecule has 0 bridgehead atoms. The van der Waals surface area contributed by atoms with E-state index in [9.17, 15) is 4.79 Å². The number of rotatable bonds is 6. The summed E-state index contributed by atoms with van der Waals surface area (Å²) >= 11 is 1.69. The lowest BCUT2D eigenvalue weighted by molar-refractivity contribution is -0.131. The van der Waals surface area contributed by atoms with Gasteiger partial charge in [0.25, 0.3) is 0 Å². The Bertz CT molecular complexity index is 461. The van der Waals surface area contributed by atoms with Crippen molar-refractivity contribution in [3.63, 3.8) is 0 Å². The Kier molecular flexibility index (Phi) is 5.80. The van der Waals surface area contributed by atoms with Crippen molar-refractivity contribution in [1.29, 1.82) is 0 Å². The highest BCUT2D eigenvalue weighted by molar-refractivity contribution is 7.12. The van der Waals surface area contributed by atoms with E-state index in [-0.39, 0.29) is 0 Å². The third-order valence-electron chi connectivity index (χ3n) is 3.93. The molecular weight excluding hydrogens is 270 g/mol. The minimum absolute atomic E-state index is 0.730. The van der Waals surface area contributed by atoms with Crippen LogP contribution in [0.2, 0.25) is 0 Å². The fraction of sp³-hybridized carbons (Fsp3) is 0.562. The van der Waals surface area contributed by atoms with Crippen LogP contribution in [0.15, 0.2) is 18.2 Å². The van der Waals surface area contributed by atoms with Gasteiger partial charge in [-0.15, -0.1) is 11.3 Å². The van der Waals surface area contributed by atoms with Gasteiger partial charge in [0, 0.05) is 28.4 Å². The molecule has 0 unspecified atom stereocenters. The van der Waals surface area contributed by atoms with Crippen LogP contribution in [0.1, 0.15) is 48.8 Å². The van der Waals surface area contributed by atoms with E-state index in [1.165, 1.54) is 43.1 Å². The summed E-state index contributed by atoms with van der Waals surface area (Å²) in [7, 11) is 0. The maximum absolute atomic E-state index is 10.5. The van der Waals surface area contributed by atoms with Crippen molar-refractivity contribution in [1.82, 2.24) is 4.90 Å². The van der Waals surface area contributed by atoms with E-state index in [0.29, 0.717) is 0 Å². The van der Waals surface area contributed by atoms with Gasteiger partial charge in [-0.05, 0) is 37.6 Å². The molecule has 4 heteroatoms. The van der Waals surface area contributed by atoms with Crippen LogP contribution >= 0.6 is 11.3 Å². The monoisotopic (exact) mass is 293 g/mol. The first-order valence-corrected chi connectivity index (χ1v) is 8.24. The second-order valence-corrected chi connectivity index (χ2v) is 6.53. The van der Waals surface area contributed by atoms with Crippen molar-refractivity contribution in [2.45, 2.75) is 51.6 Å². The van der Waals surface area contributed by atoms with E-state index in [4.69, 9.17) is 5.11 Å². The molecule has 0 saturated heterocycles. The molecular formula is C16H23NO2S. The minimum atomic E-state index is -0.891. The number of hydrogen-bond donors (Lipinski definition) is 1. The second-order valence-electron chi connectivity index (χ2n) is 5.33. The van der Waals surface area contributed by atoms with E-state index < -0.39 is 5.97 Å². The number of carbonyl (C=O) groups is 1. The number of aliphatic carboxylic acids is 1. The molecule has 0 atom stereocenters. The van der Waals surface area contributed by atoms with Crippen LogP contribution in [-0.2, 0) is 11.3 Å². The molecule has 0 radical (unpaired) electrons. The molecule has 0 aromatic carbocycles. The quantitative estimate of drug-likeness (QED) is 0.806. The van der Waals surface area contributed by atoms with Gasteiger partial charge in [-0.1, -0.05) is 26.2 Å². The van der Waals surface area contributed by atoms with Crippen LogP contribution in [0, 0.1) is 0 Å². The predicted octanol–water partition coefficient (Wildman–Crippen LogP) is 4.00. The maximum Gasteiger partial charge on any atom is 0.328 e. The molecule has 1 saturated carbocycles. The number of carboxylic acids is 1. The van der Waals surface area contributed by atoms with Gasteiger partial charge in [-0.3, -0.25) is 4.90 Å². The molecule has 1 aromatic heterocycles. The number of hydrogen-bond acceptors (Lipinski definition) is 3. The standard InChI is InChI=1S/C16H23NO2S/c1-2-17(13-6-4-3-5-7-13)12-15-9-8-14(20-15)10-11-16(18)19/h8-11,13H,2-7,12H2,1H3,(H,18,19). The van der Waals surface area contributed by atoms with Crippen LogP contribution < -0.4 is 0 Å². The first kappa shape index (κ1) is 15.3. The third-order valence-corrected chi connectivity index (χ3v) is 4.96. The van der Waals surface area contributed by atoms with E-state index >= 15 is 0 Å². The van der Waals surface area contributed by atoms with Crippen molar-refractivity contribution in [2.24, 2.45) is 0 Å². The first-order chi connectivity index (χ1) is 9.69. The van der Waals surface area contributed by atoms with E-state index in [1.807, 2.05) is 6.07 Å². The molecule has 1 N–H and O–H groups in total. The second kappa shape index (κ2) is 7.60. The summed E-state index contributed by atoms with van der Waals surface area (Å²) < 4.78 is 0. The predicted molar refractivity (Wildman–Crippen MR) is 83.9 cm³/mol. The molecule has 1 heterocycles. The molecule has 0 aliphatic heterocycles. The number of carboxylic acid groups (broad SMARTS) is 1. The molecule has 110 valence electrons. The Morgan fingerprint density at radius 2 is 2.15 bits per heavy atom. The normalized spacial score (nSPS) is 17.1. The third kappa shape index (κ3) is 4.46. The molecule has 1 aliphatic rings. The minimum Gasteiger partial charge on any atom is -0.478 e. The zero-order chi connectivity index (χ0) is 14.4. The lowest BCUT2D eigenvalue weighted by atomic mass is 9.94. The average molecular weight is 293 g/mol. The fourth-order valence-corrected chi connectivity index (χ4v) is 3.81. The Balaban J connectivity index is 1.95. The summed E-state index contributed by atoms with van der Waals surface area (Å²) in [5.74, 6) is -0.891. The first-order valence-electron chi connectivity index (χ1n) is 7.43. The zero-order valence-corrected chi connectivity index (χ0v) is 12.9. The van der Waals surface area contributed by atoms with Gasteiger partial charge in [0.15, 0.2) is 0 Å². The molecule has 1 aliphatic carbocycles. The van der Waals surface area contributed by atoms with Gasteiger partial charge in [0.2, 0.25) is 0 Å². The van der Waals surface area contributed by atoms with E-state index in [0.717, 1.165) is 24.0 Å². The van der Waals surface area contributed by atoms with Gasteiger partial charge < -0.3 is 5.11 Å². The van der Waals surface area contributed by atoms with Gasteiger partial charge in [-0.25, -0.2) is 4.79 Å². The van der Waals surface area contributed by atoms with Crippen LogP contribution in [-0.4, -0.2) is 28.6 Å². The highest BCUT2D eigenvalue weighted by atomic mass is 32.1. The van der Waals surface area contributed by atoms with Crippen molar-refractivity contribution >= 4 is 23.4 Å². The van der Waals surface area contributed by atoms with Crippen LogP contribution in [0.4, 0.5) is 0 Å². The summed E-state index contributed by atoms with van der Waals surface area (Å²) in [5.41, 5.74) is 0. The van der Waals surface area contributed by atoms with Crippen molar-refractivity contribution in [2.75, 3.05) is 6.54 Å². The number of thiophene rings is 1. The summed E-state index contributed by atoms with van der Waals surface area (Å²) in [4.78, 5) is 15.4. The SMILES string of the molecule is CCN(Cc1ccc(C=CC(=O)O)s1)C1CCCCC1. The van der Waals surface area contributed by atoms with E-state index in [1.54, 1.807) is 17.4 Å². The maximum atomic E-state index is 10.5. The molecule has 0 spiro atoms. The lowest BCUT2D eigenvalue weighted by Gasteiger charge is -2.33. The van der Waals surface area contributed by atoms with Crippen molar-refractivity contribution in [3.05, 3.63) is 28.0 Å². The fourth-order valence-electron chi connectivity index (χ4n) is 2.87. The summed E-state index contributed by atoms with van der Waals surface area (Å²) in [5, 5.41) is 8.64. The Labute approximate surface area is 124 Å². The average Bonchev–Trinajstić information content (AvgIpc) is 2.91. The topological polar surface area (TPSA) is 40.5 Å². The Hall–Kier alpha value is -1.13. The van der Waals surface area contributed by atoms with E-state index in [2.05, 4.69) is 17.9 Å². The highest BCUT2D eigenvalue weighted by Crippen LogP contribution is 2.26. The van der Waals surface area contributed by atoms with Crippen LogP contribution in [0.25, 0.3) is 6.08 Å². The summed E-state index contributed by atoms with van der Waals surface area (Å²) in [6.07, 6.45) is 9.63. The molecule has 20 heavy (non-hydrogen) atoms. The molecule has 3 nitrogen and oxygen atoms in total. The number of nitrogens with zero attached hydrogens (tertiary/aromatic N) is 1. The summed E-state index contributed by atoms with van der Waals surface area (Å²) in [6, 6.07) is 4.86. The highest BCUT2D eigenvalue weighted by Gasteiger charge is 2.20.